The van der Waals surface area contributed by atoms with Crippen molar-refractivity contribution in [3.05, 3.63) is 29.8 Å². The molecule has 1 aliphatic rings. The largest absolute Gasteiger partial charge is 0.492 e. The van der Waals surface area contributed by atoms with Crippen LogP contribution in [0.4, 0.5) is 0 Å². The van der Waals surface area contributed by atoms with E-state index in [4.69, 9.17) is 4.74 Å². The molecule has 1 fully saturated rings. The number of carbonyl (C=O) groups is 1. The Kier molecular flexibility index (Phi) is 6.86. The summed E-state index contributed by atoms with van der Waals surface area (Å²) in [7, 11) is 4.05. The number of rotatable bonds is 7. The molecule has 1 saturated heterocycles. The molecule has 2 rings (SSSR count). The zero-order chi connectivity index (χ0) is 16.7. The summed E-state index contributed by atoms with van der Waals surface area (Å²) in [6, 6.07) is 8.33. The molecule has 1 aliphatic heterocycles. The molecule has 5 heteroatoms. The molecule has 1 aromatic carbocycles. The molecule has 0 unspecified atom stereocenters. The van der Waals surface area contributed by atoms with E-state index in [1.807, 2.05) is 38.4 Å². The van der Waals surface area contributed by atoms with Crippen molar-refractivity contribution in [1.29, 1.82) is 0 Å². The second-order valence-corrected chi connectivity index (χ2v) is 6.55. The van der Waals surface area contributed by atoms with Crippen molar-refractivity contribution in [2.45, 2.75) is 32.4 Å². The second kappa shape index (κ2) is 8.89. The molecule has 5 nitrogen and oxygen atoms in total. The molecule has 1 amide bonds. The van der Waals surface area contributed by atoms with Crippen molar-refractivity contribution in [3.63, 3.8) is 0 Å². The third kappa shape index (κ3) is 5.84. The topological polar surface area (TPSA) is 53.6 Å². The highest BCUT2D eigenvalue weighted by Crippen LogP contribution is 2.19. The smallest absolute Gasteiger partial charge is 0.223 e. The standard InChI is InChI=1S/C18H29N3O2/c1-14-12-15(8-9-19-14)18(22)20-13-16-6-4-5-7-17(16)23-11-10-21(2)3/h4-7,14-15,19H,8-13H2,1-3H3,(H,20,22)/t14-,15-/m0/s1. The van der Waals surface area contributed by atoms with E-state index in [0.29, 0.717) is 19.2 Å². The molecule has 1 aromatic rings. The molecule has 1 heterocycles. The Morgan fingerprint density at radius 1 is 1.39 bits per heavy atom. The normalized spacial score (nSPS) is 21.2. The minimum absolute atomic E-state index is 0.119. The monoisotopic (exact) mass is 319 g/mol. The van der Waals surface area contributed by atoms with Crippen LogP contribution in [0, 0.1) is 5.92 Å². The van der Waals surface area contributed by atoms with Gasteiger partial charge in [-0.25, -0.2) is 0 Å². The van der Waals surface area contributed by atoms with Gasteiger partial charge in [-0.2, -0.15) is 0 Å². The first kappa shape index (κ1) is 17.8. The minimum atomic E-state index is 0.119. The summed E-state index contributed by atoms with van der Waals surface area (Å²) >= 11 is 0. The maximum atomic E-state index is 12.3. The van der Waals surface area contributed by atoms with Crippen LogP contribution in [0.2, 0.25) is 0 Å². The van der Waals surface area contributed by atoms with Crippen LogP contribution in [0.25, 0.3) is 0 Å². The van der Waals surface area contributed by atoms with Crippen LogP contribution in [0.3, 0.4) is 0 Å². The fourth-order valence-corrected chi connectivity index (χ4v) is 2.83. The summed E-state index contributed by atoms with van der Waals surface area (Å²) in [5.74, 6) is 1.13. The first-order valence-electron chi connectivity index (χ1n) is 8.43. The SMILES string of the molecule is C[C@H]1C[C@@H](C(=O)NCc2ccccc2OCCN(C)C)CCN1. The Hall–Kier alpha value is -1.59. The molecule has 0 aromatic heterocycles. The van der Waals surface area contributed by atoms with Crippen molar-refractivity contribution < 1.29 is 9.53 Å². The van der Waals surface area contributed by atoms with Crippen molar-refractivity contribution in [2.24, 2.45) is 5.92 Å². The van der Waals surface area contributed by atoms with Gasteiger partial charge in [-0.05, 0) is 46.5 Å². The Morgan fingerprint density at radius 2 is 2.17 bits per heavy atom. The number of likely N-dealkylation sites (N-methyl/N-ethyl adjacent to an activating group) is 1. The zero-order valence-corrected chi connectivity index (χ0v) is 14.5. The number of hydrogen-bond donors (Lipinski definition) is 2. The Bertz CT molecular complexity index is 505. The van der Waals surface area contributed by atoms with Gasteiger partial charge in [0, 0.05) is 30.6 Å². The van der Waals surface area contributed by atoms with E-state index >= 15 is 0 Å². The molecule has 0 saturated carbocycles. The molecule has 23 heavy (non-hydrogen) atoms. The quantitative estimate of drug-likeness (QED) is 0.802. The maximum absolute atomic E-state index is 12.3. The molecule has 0 bridgehead atoms. The first-order valence-corrected chi connectivity index (χ1v) is 8.43. The first-order chi connectivity index (χ1) is 11.1. The number of amides is 1. The molecule has 0 spiro atoms. The summed E-state index contributed by atoms with van der Waals surface area (Å²) in [5, 5.41) is 6.45. The van der Waals surface area contributed by atoms with Crippen LogP contribution in [0.15, 0.2) is 24.3 Å². The van der Waals surface area contributed by atoms with Gasteiger partial charge in [-0.3, -0.25) is 4.79 Å². The lowest BCUT2D eigenvalue weighted by Crippen LogP contribution is -2.42. The number of nitrogens with one attached hydrogen (secondary N) is 2. The van der Waals surface area contributed by atoms with Crippen LogP contribution in [-0.2, 0) is 11.3 Å². The third-order valence-electron chi connectivity index (χ3n) is 4.22. The van der Waals surface area contributed by atoms with Gasteiger partial charge in [0.15, 0.2) is 0 Å². The third-order valence-corrected chi connectivity index (χ3v) is 4.22. The fraction of sp³-hybridized carbons (Fsp3) is 0.611. The maximum Gasteiger partial charge on any atom is 0.223 e. The van der Waals surface area contributed by atoms with Crippen LogP contribution < -0.4 is 15.4 Å². The highest BCUT2D eigenvalue weighted by molar-refractivity contribution is 5.78. The van der Waals surface area contributed by atoms with E-state index in [-0.39, 0.29) is 11.8 Å². The molecule has 0 aliphatic carbocycles. The van der Waals surface area contributed by atoms with Gasteiger partial charge < -0.3 is 20.3 Å². The van der Waals surface area contributed by atoms with Crippen LogP contribution >= 0.6 is 0 Å². The number of para-hydroxylation sites is 1. The van der Waals surface area contributed by atoms with Crippen molar-refractivity contribution >= 4 is 5.91 Å². The number of hydrogen-bond acceptors (Lipinski definition) is 4. The summed E-state index contributed by atoms with van der Waals surface area (Å²) in [5.41, 5.74) is 1.03. The lowest BCUT2D eigenvalue weighted by atomic mass is 9.92. The Labute approximate surface area is 139 Å². The predicted molar refractivity (Wildman–Crippen MR) is 92.5 cm³/mol. The van der Waals surface area contributed by atoms with E-state index < -0.39 is 0 Å². The summed E-state index contributed by atoms with van der Waals surface area (Å²) < 4.78 is 5.84. The molecular formula is C18H29N3O2. The van der Waals surface area contributed by atoms with Gasteiger partial charge in [0.1, 0.15) is 12.4 Å². The number of carbonyl (C=O) groups excluding carboxylic acids is 1. The molecule has 0 radical (unpaired) electrons. The molecule has 128 valence electrons. The fourth-order valence-electron chi connectivity index (χ4n) is 2.83. The highest BCUT2D eigenvalue weighted by Gasteiger charge is 2.24. The van der Waals surface area contributed by atoms with Gasteiger partial charge in [-0.15, -0.1) is 0 Å². The Morgan fingerprint density at radius 3 is 2.91 bits per heavy atom. The molecule has 2 N–H and O–H groups in total. The number of ether oxygens (including phenoxy) is 1. The predicted octanol–water partition coefficient (Wildman–Crippen LogP) is 1.63. The van der Waals surface area contributed by atoms with Crippen molar-refractivity contribution in [2.75, 3.05) is 33.8 Å². The summed E-state index contributed by atoms with van der Waals surface area (Å²) in [6.07, 6.45) is 1.82. The van der Waals surface area contributed by atoms with Gasteiger partial charge in [0.05, 0.1) is 0 Å². The summed E-state index contributed by atoms with van der Waals surface area (Å²) in [6.45, 7) is 5.09. The van der Waals surface area contributed by atoms with E-state index in [0.717, 1.165) is 37.2 Å². The molecule has 2 atom stereocenters. The van der Waals surface area contributed by atoms with Crippen molar-refractivity contribution in [1.82, 2.24) is 15.5 Å². The van der Waals surface area contributed by atoms with Gasteiger partial charge in [-0.1, -0.05) is 18.2 Å². The number of benzene rings is 1. The lowest BCUT2D eigenvalue weighted by molar-refractivity contribution is -0.126. The van der Waals surface area contributed by atoms with E-state index in [9.17, 15) is 4.79 Å². The van der Waals surface area contributed by atoms with E-state index in [1.165, 1.54) is 0 Å². The Balaban J connectivity index is 1.86. The lowest BCUT2D eigenvalue weighted by Gasteiger charge is -2.27. The number of nitrogens with zero attached hydrogens (tertiary/aromatic N) is 1. The highest BCUT2D eigenvalue weighted by atomic mass is 16.5. The van der Waals surface area contributed by atoms with Crippen LogP contribution in [0.5, 0.6) is 5.75 Å². The molecular weight excluding hydrogens is 290 g/mol. The average molecular weight is 319 g/mol. The van der Waals surface area contributed by atoms with Crippen molar-refractivity contribution in [3.8, 4) is 5.75 Å². The average Bonchev–Trinajstić information content (AvgIpc) is 2.53. The zero-order valence-electron chi connectivity index (χ0n) is 14.5. The van der Waals surface area contributed by atoms with Crippen LogP contribution in [-0.4, -0.2) is 50.6 Å². The van der Waals surface area contributed by atoms with E-state index in [1.54, 1.807) is 0 Å². The van der Waals surface area contributed by atoms with E-state index in [2.05, 4.69) is 22.5 Å². The summed E-state index contributed by atoms with van der Waals surface area (Å²) in [4.78, 5) is 14.4. The number of piperidine rings is 1. The minimum Gasteiger partial charge on any atom is -0.492 e. The second-order valence-electron chi connectivity index (χ2n) is 6.55. The van der Waals surface area contributed by atoms with Gasteiger partial charge in [0.25, 0.3) is 0 Å². The van der Waals surface area contributed by atoms with Crippen LogP contribution in [0.1, 0.15) is 25.3 Å². The van der Waals surface area contributed by atoms with Gasteiger partial charge in [0.2, 0.25) is 5.91 Å². The van der Waals surface area contributed by atoms with Gasteiger partial charge >= 0.3 is 0 Å².